The van der Waals surface area contributed by atoms with Crippen molar-refractivity contribution in [2.45, 2.75) is 43.9 Å². The highest BCUT2D eigenvalue weighted by Gasteiger charge is 2.33. The fraction of sp³-hybridized carbons (Fsp3) is 0.600. The topological polar surface area (TPSA) is 49.5 Å². The van der Waals surface area contributed by atoms with Crippen LogP contribution in [0.25, 0.3) is 0 Å². The van der Waals surface area contributed by atoms with Crippen LogP contribution in [0, 0.1) is 0 Å². The lowest BCUT2D eigenvalue weighted by molar-refractivity contribution is -0.0104. The predicted molar refractivity (Wildman–Crippen MR) is 81.9 cm³/mol. The third-order valence-corrected chi connectivity index (χ3v) is 4.76. The molecule has 1 aromatic carbocycles. The Kier molecular flexibility index (Phi) is 5.01. The molecule has 1 aliphatic rings. The van der Waals surface area contributed by atoms with Gasteiger partial charge in [0, 0.05) is 23.6 Å². The molecule has 4 heteroatoms. The lowest BCUT2D eigenvalue weighted by atomic mass is 9.82. The summed E-state index contributed by atoms with van der Waals surface area (Å²) in [5, 5.41) is 10.2. The number of hydrogen-bond acceptors (Lipinski definition) is 3. The van der Waals surface area contributed by atoms with Crippen LogP contribution in [0.3, 0.4) is 0 Å². The monoisotopic (exact) mass is 326 g/mol. The van der Waals surface area contributed by atoms with Gasteiger partial charge in [-0.2, -0.15) is 0 Å². The van der Waals surface area contributed by atoms with Crippen LogP contribution in [-0.4, -0.2) is 35.2 Å². The normalized spacial score (nSPS) is 27.7. The maximum absolute atomic E-state index is 10.2. The Balaban J connectivity index is 1.87. The average Bonchev–Trinajstić information content (AvgIpc) is 2.42. The highest BCUT2D eigenvalue weighted by Crippen LogP contribution is 2.30. The molecule has 1 fully saturated rings. The zero-order valence-electron chi connectivity index (χ0n) is 11.5. The van der Waals surface area contributed by atoms with Crippen LogP contribution < -0.4 is 5.73 Å². The van der Waals surface area contributed by atoms with Gasteiger partial charge in [-0.25, -0.2) is 0 Å². The molecule has 0 atom stereocenters. The van der Waals surface area contributed by atoms with Crippen LogP contribution in [0.5, 0.6) is 0 Å². The van der Waals surface area contributed by atoms with Gasteiger partial charge < -0.3 is 10.8 Å². The van der Waals surface area contributed by atoms with E-state index in [0.717, 1.165) is 36.7 Å². The molecule has 3 N–H and O–H groups in total. The Morgan fingerprint density at radius 2 is 1.89 bits per heavy atom. The molecule has 1 aromatic rings. The van der Waals surface area contributed by atoms with Gasteiger partial charge in [0.05, 0.1) is 5.60 Å². The van der Waals surface area contributed by atoms with Crippen LogP contribution >= 0.6 is 15.9 Å². The number of benzene rings is 1. The summed E-state index contributed by atoms with van der Waals surface area (Å²) in [6, 6.07) is 9.02. The summed E-state index contributed by atoms with van der Waals surface area (Å²) in [5.74, 6) is 0. The van der Waals surface area contributed by atoms with Gasteiger partial charge in [0.25, 0.3) is 0 Å². The van der Waals surface area contributed by atoms with Gasteiger partial charge in [-0.15, -0.1) is 0 Å². The van der Waals surface area contributed by atoms with Crippen molar-refractivity contribution < 1.29 is 5.11 Å². The fourth-order valence-corrected chi connectivity index (χ4v) is 3.06. The second-order valence-corrected chi connectivity index (χ2v) is 6.62. The molecule has 2 rings (SSSR count). The fourth-order valence-electron chi connectivity index (χ4n) is 2.79. The summed E-state index contributed by atoms with van der Waals surface area (Å²) in [7, 11) is 2.17. The number of nitrogens with two attached hydrogens (primary N) is 1. The zero-order valence-corrected chi connectivity index (χ0v) is 13.1. The first-order valence-corrected chi connectivity index (χ1v) is 7.69. The van der Waals surface area contributed by atoms with Gasteiger partial charge in [-0.05, 0) is 50.4 Å². The number of rotatable bonds is 4. The molecule has 0 heterocycles. The minimum absolute atomic E-state index is 0.385. The van der Waals surface area contributed by atoms with E-state index in [2.05, 4.69) is 52.1 Å². The van der Waals surface area contributed by atoms with Crippen molar-refractivity contribution in [3.05, 3.63) is 34.3 Å². The Hall–Kier alpha value is -0.420. The highest BCUT2D eigenvalue weighted by molar-refractivity contribution is 9.10. The summed E-state index contributed by atoms with van der Waals surface area (Å²) in [6.45, 7) is 1.34. The van der Waals surface area contributed by atoms with Crippen LogP contribution in [-0.2, 0) is 6.54 Å². The average molecular weight is 327 g/mol. The lowest BCUT2D eigenvalue weighted by Gasteiger charge is -2.39. The van der Waals surface area contributed by atoms with E-state index in [1.165, 1.54) is 5.56 Å². The number of nitrogens with zero attached hydrogens (tertiary/aromatic N) is 1. The van der Waals surface area contributed by atoms with E-state index in [9.17, 15) is 5.11 Å². The molecule has 106 valence electrons. The Morgan fingerprint density at radius 1 is 1.32 bits per heavy atom. The molecular formula is C15H23BrN2O. The van der Waals surface area contributed by atoms with Crippen molar-refractivity contribution in [2.75, 3.05) is 13.6 Å². The van der Waals surface area contributed by atoms with E-state index >= 15 is 0 Å². The zero-order chi connectivity index (χ0) is 13.9. The first-order chi connectivity index (χ1) is 9.02. The molecule has 0 radical (unpaired) electrons. The van der Waals surface area contributed by atoms with Gasteiger partial charge in [-0.1, -0.05) is 28.1 Å². The minimum Gasteiger partial charge on any atom is -0.389 e. The van der Waals surface area contributed by atoms with Crippen LogP contribution in [0.1, 0.15) is 31.2 Å². The molecule has 0 aromatic heterocycles. The maximum Gasteiger partial charge on any atom is 0.0770 e. The Labute approximate surface area is 123 Å². The molecule has 1 aliphatic carbocycles. The molecule has 0 saturated heterocycles. The minimum atomic E-state index is -0.616. The van der Waals surface area contributed by atoms with E-state index < -0.39 is 5.60 Å². The molecule has 0 aliphatic heterocycles. The van der Waals surface area contributed by atoms with Gasteiger partial charge in [0.2, 0.25) is 0 Å². The SMILES string of the molecule is CN(Cc1ccc(Br)cc1)C1CCC(O)(CN)CC1. The summed E-state index contributed by atoms with van der Waals surface area (Å²) in [5.41, 5.74) is 6.34. The standard InChI is InChI=1S/C15H23BrN2O/c1-18(10-12-2-4-13(16)5-3-12)14-6-8-15(19,11-17)9-7-14/h2-5,14,19H,6-11,17H2,1H3. The van der Waals surface area contributed by atoms with E-state index in [1.54, 1.807) is 0 Å². The van der Waals surface area contributed by atoms with Crippen molar-refractivity contribution in [1.29, 1.82) is 0 Å². The van der Waals surface area contributed by atoms with Crippen molar-refractivity contribution in [2.24, 2.45) is 5.73 Å². The van der Waals surface area contributed by atoms with E-state index in [1.807, 2.05) is 0 Å². The molecule has 3 nitrogen and oxygen atoms in total. The summed E-state index contributed by atoms with van der Waals surface area (Å²) < 4.78 is 1.12. The van der Waals surface area contributed by atoms with Gasteiger partial charge in [-0.3, -0.25) is 4.90 Å². The van der Waals surface area contributed by atoms with E-state index in [0.29, 0.717) is 12.6 Å². The summed E-state index contributed by atoms with van der Waals surface area (Å²) in [6.07, 6.45) is 3.69. The number of aliphatic hydroxyl groups is 1. The van der Waals surface area contributed by atoms with Crippen molar-refractivity contribution >= 4 is 15.9 Å². The second kappa shape index (κ2) is 6.35. The Morgan fingerprint density at radius 3 is 2.42 bits per heavy atom. The number of hydrogen-bond donors (Lipinski definition) is 2. The van der Waals surface area contributed by atoms with Crippen molar-refractivity contribution in [1.82, 2.24) is 4.90 Å². The molecule has 0 spiro atoms. The van der Waals surface area contributed by atoms with Crippen LogP contribution in [0.15, 0.2) is 28.7 Å². The van der Waals surface area contributed by atoms with Crippen LogP contribution in [0.4, 0.5) is 0 Å². The largest absolute Gasteiger partial charge is 0.389 e. The third-order valence-electron chi connectivity index (χ3n) is 4.23. The second-order valence-electron chi connectivity index (χ2n) is 5.70. The quantitative estimate of drug-likeness (QED) is 0.893. The van der Waals surface area contributed by atoms with Gasteiger partial charge >= 0.3 is 0 Å². The van der Waals surface area contributed by atoms with Gasteiger partial charge in [0.1, 0.15) is 0 Å². The molecule has 19 heavy (non-hydrogen) atoms. The lowest BCUT2D eigenvalue weighted by Crippen LogP contribution is -2.45. The Bertz CT molecular complexity index is 399. The predicted octanol–water partition coefficient (Wildman–Crippen LogP) is 2.51. The molecular weight excluding hydrogens is 304 g/mol. The van der Waals surface area contributed by atoms with Gasteiger partial charge in [0.15, 0.2) is 0 Å². The van der Waals surface area contributed by atoms with Crippen LogP contribution in [0.2, 0.25) is 0 Å². The first-order valence-electron chi connectivity index (χ1n) is 6.89. The first kappa shape index (κ1) is 15.0. The van der Waals surface area contributed by atoms with Crippen molar-refractivity contribution in [3.8, 4) is 0 Å². The van der Waals surface area contributed by atoms with E-state index in [-0.39, 0.29) is 0 Å². The maximum atomic E-state index is 10.2. The summed E-state index contributed by atoms with van der Waals surface area (Å²) in [4.78, 5) is 2.39. The molecule has 0 amide bonds. The summed E-state index contributed by atoms with van der Waals surface area (Å²) >= 11 is 3.46. The smallest absolute Gasteiger partial charge is 0.0770 e. The molecule has 0 bridgehead atoms. The van der Waals surface area contributed by atoms with Crippen molar-refractivity contribution in [3.63, 3.8) is 0 Å². The third kappa shape index (κ3) is 4.02. The molecule has 0 unspecified atom stereocenters. The van der Waals surface area contributed by atoms with E-state index in [4.69, 9.17) is 5.73 Å². The number of halogens is 1. The molecule has 1 saturated carbocycles. The highest BCUT2D eigenvalue weighted by atomic mass is 79.9.